The Labute approximate surface area is 121 Å². The Balaban J connectivity index is 2.09. The molecule has 0 spiro atoms. The molecule has 100 valence electrons. The Bertz CT molecular complexity index is 607. The van der Waals surface area contributed by atoms with E-state index in [1.54, 1.807) is 22.9 Å². The average Bonchev–Trinajstić information content (AvgIpc) is 2.99. The topological polar surface area (TPSA) is 64.6 Å². The molecule has 0 bridgehead atoms. The van der Waals surface area contributed by atoms with E-state index in [2.05, 4.69) is 10.1 Å². The second kappa shape index (κ2) is 6.05. The zero-order chi connectivity index (χ0) is 13.8. The summed E-state index contributed by atoms with van der Waals surface area (Å²) in [4.78, 5) is 23.4. The van der Waals surface area contributed by atoms with E-state index in [1.807, 2.05) is 0 Å². The van der Waals surface area contributed by atoms with Crippen molar-refractivity contribution >= 4 is 52.0 Å². The lowest BCUT2D eigenvalue weighted by Crippen LogP contribution is -2.12. The van der Waals surface area contributed by atoms with Gasteiger partial charge in [0, 0.05) is 10.8 Å². The monoisotopic (exact) mass is 317 g/mol. The van der Waals surface area contributed by atoms with Gasteiger partial charge in [0.2, 0.25) is 0 Å². The van der Waals surface area contributed by atoms with Crippen LogP contribution in [-0.2, 0) is 4.74 Å². The molecular weight excluding hydrogens is 310 g/mol. The molecule has 0 aromatic carbocycles. The van der Waals surface area contributed by atoms with Gasteiger partial charge in [0.25, 0.3) is 5.91 Å². The number of methoxy groups -OCH3 is 1. The Morgan fingerprint density at radius 1 is 1.32 bits per heavy atom. The fourth-order valence-corrected chi connectivity index (χ4v) is 2.82. The fraction of sp³-hybridized carbons (Fsp3) is 0.0909. The summed E-state index contributed by atoms with van der Waals surface area (Å²) in [5, 5.41) is 5.89. The van der Waals surface area contributed by atoms with Gasteiger partial charge in [0.1, 0.15) is 0 Å². The average molecular weight is 318 g/mol. The maximum absolute atomic E-state index is 11.9. The molecule has 0 saturated carbocycles. The highest BCUT2D eigenvalue weighted by Gasteiger charge is 2.15. The molecule has 0 aliphatic heterocycles. The first kappa shape index (κ1) is 13.9. The molecule has 0 radical (unpaired) electrons. The number of anilines is 1. The number of carbonyl (C=O) groups excluding carboxylic acids is 2. The molecular formula is C11H8ClNO4S2. The summed E-state index contributed by atoms with van der Waals surface area (Å²) in [6.07, 6.45) is -0.840. The highest BCUT2D eigenvalue weighted by atomic mass is 35.5. The number of rotatable bonds is 3. The molecule has 19 heavy (non-hydrogen) atoms. The second-order valence-electron chi connectivity index (χ2n) is 3.26. The molecule has 2 rings (SSSR count). The van der Waals surface area contributed by atoms with Crippen LogP contribution in [-0.4, -0.2) is 19.2 Å². The van der Waals surface area contributed by atoms with E-state index >= 15 is 0 Å². The highest BCUT2D eigenvalue weighted by molar-refractivity contribution is 7.18. The van der Waals surface area contributed by atoms with E-state index in [-0.39, 0.29) is 11.7 Å². The van der Waals surface area contributed by atoms with Crippen molar-refractivity contribution in [1.82, 2.24) is 0 Å². The van der Waals surface area contributed by atoms with Gasteiger partial charge in [-0.2, -0.15) is 0 Å². The van der Waals surface area contributed by atoms with Crippen LogP contribution in [0.2, 0.25) is 4.34 Å². The van der Waals surface area contributed by atoms with E-state index in [0.717, 1.165) is 0 Å². The maximum Gasteiger partial charge on any atom is 0.513 e. The van der Waals surface area contributed by atoms with Crippen molar-refractivity contribution in [2.45, 2.75) is 0 Å². The number of carbonyl (C=O) groups is 2. The molecule has 5 nitrogen and oxygen atoms in total. The van der Waals surface area contributed by atoms with Crippen LogP contribution in [0, 0.1) is 0 Å². The third kappa shape index (κ3) is 3.46. The van der Waals surface area contributed by atoms with E-state index in [4.69, 9.17) is 16.3 Å². The van der Waals surface area contributed by atoms with Gasteiger partial charge < -0.3 is 14.8 Å². The minimum atomic E-state index is -0.840. The van der Waals surface area contributed by atoms with Crippen molar-refractivity contribution in [2.24, 2.45) is 0 Å². The zero-order valence-electron chi connectivity index (χ0n) is 9.64. The summed E-state index contributed by atoms with van der Waals surface area (Å²) < 4.78 is 9.80. The third-order valence-electron chi connectivity index (χ3n) is 2.03. The SMILES string of the molecule is COC(=O)Oc1cscc1NC(=O)c1ccc(Cl)s1. The maximum atomic E-state index is 11.9. The van der Waals surface area contributed by atoms with Crippen LogP contribution >= 0.6 is 34.3 Å². The largest absolute Gasteiger partial charge is 0.513 e. The lowest BCUT2D eigenvalue weighted by molar-refractivity contribution is 0.102. The molecule has 2 aromatic heterocycles. The number of nitrogens with one attached hydrogen (secondary N) is 1. The summed E-state index contributed by atoms with van der Waals surface area (Å²) in [6, 6.07) is 3.26. The minimum Gasteiger partial charge on any atom is -0.437 e. The van der Waals surface area contributed by atoms with Gasteiger partial charge in [0.05, 0.1) is 22.0 Å². The first-order chi connectivity index (χ1) is 9.10. The van der Waals surface area contributed by atoms with E-state index in [0.29, 0.717) is 14.9 Å². The van der Waals surface area contributed by atoms with Crippen LogP contribution in [0.15, 0.2) is 22.9 Å². The first-order valence-corrected chi connectivity index (χ1v) is 7.12. The number of thiophene rings is 2. The number of ether oxygens (including phenoxy) is 2. The highest BCUT2D eigenvalue weighted by Crippen LogP contribution is 2.30. The number of amides is 1. The predicted molar refractivity (Wildman–Crippen MR) is 74.6 cm³/mol. The van der Waals surface area contributed by atoms with Gasteiger partial charge >= 0.3 is 6.16 Å². The van der Waals surface area contributed by atoms with E-state index in [1.165, 1.54) is 29.8 Å². The van der Waals surface area contributed by atoms with Crippen LogP contribution in [0.25, 0.3) is 0 Å². The number of halogens is 1. The molecule has 2 heterocycles. The van der Waals surface area contributed by atoms with Crippen LogP contribution in [0.3, 0.4) is 0 Å². The van der Waals surface area contributed by atoms with Crippen LogP contribution in [0.1, 0.15) is 9.67 Å². The molecule has 0 aliphatic rings. The number of hydrogen-bond acceptors (Lipinski definition) is 6. The molecule has 1 N–H and O–H groups in total. The Hall–Kier alpha value is -1.57. The molecule has 1 amide bonds. The van der Waals surface area contributed by atoms with Gasteiger partial charge in [0.15, 0.2) is 5.75 Å². The molecule has 0 atom stereocenters. The quantitative estimate of drug-likeness (QED) is 0.873. The fourth-order valence-electron chi connectivity index (χ4n) is 1.21. The summed E-state index contributed by atoms with van der Waals surface area (Å²) in [5.41, 5.74) is 0.407. The smallest absolute Gasteiger partial charge is 0.437 e. The third-order valence-corrected chi connectivity index (χ3v) is 3.98. The molecule has 2 aromatic rings. The van der Waals surface area contributed by atoms with Crippen LogP contribution in [0.4, 0.5) is 10.5 Å². The van der Waals surface area contributed by atoms with Crippen molar-refractivity contribution < 1.29 is 19.1 Å². The molecule has 0 fully saturated rings. The normalized spacial score (nSPS) is 10.0. The Kier molecular flexibility index (Phi) is 4.41. The van der Waals surface area contributed by atoms with Crippen molar-refractivity contribution in [1.29, 1.82) is 0 Å². The van der Waals surface area contributed by atoms with E-state index < -0.39 is 6.16 Å². The first-order valence-electron chi connectivity index (χ1n) is 4.99. The second-order valence-corrected chi connectivity index (χ2v) is 5.72. The lowest BCUT2D eigenvalue weighted by Gasteiger charge is -2.05. The minimum absolute atomic E-state index is 0.243. The molecule has 8 heteroatoms. The molecule has 0 unspecified atom stereocenters. The van der Waals surface area contributed by atoms with Crippen molar-refractivity contribution in [3.63, 3.8) is 0 Å². The van der Waals surface area contributed by atoms with Gasteiger partial charge in [-0.25, -0.2) is 4.79 Å². The Morgan fingerprint density at radius 2 is 2.11 bits per heavy atom. The van der Waals surface area contributed by atoms with Gasteiger partial charge in [-0.1, -0.05) is 11.6 Å². The standard InChI is InChI=1S/C11H8ClNO4S2/c1-16-11(15)17-7-5-18-4-6(7)13-10(14)8-2-3-9(12)19-8/h2-5H,1H3,(H,13,14). The summed E-state index contributed by atoms with van der Waals surface area (Å²) in [6.45, 7) is 0. The van der Waals surface area contributed by atoms with Gasteiger partial charge in [-0.15, -0.1) is 22.7 Å². The Morgan fingerprint density at radius 3 is 2.74 bits per heavy atom. The summed E-state index contributed by atoms with van der Waals surface area (Å²) in [5.74, 6) is -0.0714. The van der Waals surface area contributed by atoms with Crippen LogP contribution in [0.5, 0.6) is 5.75 Å². The van der Waals surface area contributed by atoms with E-state index in [9.17, 15) is 9.59 Å². The van der Waals surface area contributed by atoms with Gasteiger partial charge in [-0.3, -0.25) is 4.79 Å². The summed E-state index contributed by atoms with van der Waals surface area (Å²) >= 11 is 8.22. The van der Waals surface area contributed by atoms with Crippen molar-refractivity contribution in [2.75, 3.05) is 12.4 Å². The number of hydrogen-bond donors (Lipinski definition) is 1. The molecule has 0 saturated heterocycles. The van der Waals surface area contributed by atoms with Crippen molar-refractivity contribution in [3.8, 4) is 5.75 Å². The van der Waals surface area contributed by atoms with Crippen molar-refractivity contribution in [3.05, 3.63) is 32.1 Å². The molecule has 0 aliphatic carbocycles. The zero-order valence-corrected chi connectivity index (χ0v) is 12.0. The predicted octanol–water partition coefficient (Wildman–Crippen LogP) is 3.86. The summed E-state index contributed by atoms with van der Waals surface area (Å²) in [7, 11) is 1.21. The van der Waals surface area contributed by atoms with Gasteiger partial charge in [-0.05, 0) is 12.1 Å². The van der Waals surface area contributed by atoms with Crippen LogP contribution < -0.4 is 10.1 Å². The lowest BCUT2D eigenvalue weighted by atomic mass is 10.4.